The molecule has 1 aromatic carbocycles. The molecular weight excluding hydrogens is 320 g/mol. The standard InChI is InChI=1S/C15H19BrN2O2/c16-11-2-3-12-10(9-11)1-4-13(12)18-14(19)15(17)5-7-20-8-6-15/h2-3,9,13H,1,4-8,17H2,(H,18,19). The van der Waals surface area contributed by atoms with Crippen LogP contribution in [0.2, 0.25) is 0 Å². The Kier molecular flexibility index (Phi) is 3.84. The van der Waals surface area contributed by atoms with Gasteiger partial charge in [-0.2, -0.15) is 0 Å². The van der Waals surface area contributed by atoms with Gasteiger partial charge < -0.3 is 15.8 Å². The Morgan fingerprint density at radius 2 is 2.15 bits per heavy atom. The first-order chi connectivity index (χ1) is 9.58. The lowest BCUT2D eigenvalue weighted by molar-refractivity contribution is -0.130. The highest BCUT2D eigenvalue weighted by molar-refractivity contribution is 9.10. The number of ether oxygens (including phenoxy) is 1. The summed E-state index contributed by atoms with van der Waals surface area (Å²) in [4.78, 5) is 12.5. The molecule has 20 heavy (non-hydrogen) atoms. The fourth-order valence-electron chi connectivity index (χ4n) is 3.00. The van der Waals surface area contributed by atoms with Crippen LogP contribution in [0.25, 0.3) is 0 Å². The van der Waals surface area contributed by atoms with Crippen LogP contribution in [0.15, 0.2) is 22.7 Å². The van der Waals surface area contributed by atoms with Crippen molar-refractivity contribution in [3.63, 3.8) is 0 Å². The van der Waals surface area contributed by atoms with Crippen molar-refractivity contribution in [3.8, 4) is 0 Å². The van der Waals surface area contributed by atoms with Gasteiger partial charge in [0.1, 0.15) is 0 Å². The zero-order chi connectivity index (χ0) is 14.2. The lowest BCUT2D eigenvalue weighted by Crippen LogP contribution is -2.57. The SMILES string of the molecule is NC1(C(=O)NC2CCc3cc(Br)ccc32)CCOCC1. The van der Waals surface area contributed by atoms with E-state index in [1.807, 2.05) is 6.07 Å². The maximum Gasteiger partial charge on any atom is 0.240 e. The number of aryl methyl sites for hydroxylation is 1. The van der Waals surface area contributed by atoms with E-state index in [4.69, 9.17) is 10.5 Å². The first kappa shape index (κ1) is 14.0. The van der Waals surface area contributed by atoms with Gasteiger partial charge in [0.25, 0.3) is 0 Å². The smallest absolute Gasteiger partial charge is 0.240 e. The molecule has 0 aromatic heterocycles. The van der Waals surface area contributed by atoms with Gasteiger partial charge in [0, 0.05) is 17.7 Å². The highest BCUT2D eigenvalue weighted by Gasteiger charge is 2.37. The molecule has 0 bridgehead atoms. The highest BCUT2D eigenvalue weighted by Crippen LogP contribution is 2.33. The van der Waals surface area contributed by atoms with Gasteiger partial charge >= 0.3 is 0 Å². The number of nitrogens with two attached hydrogens (primary N) is 1. The molecule has 1 saturated heterocycles. The molecule has 0 saturated carbocycles. The van der Waals surface area contributed by atoms with Crippen LogP contribution in [0.3, 0.4) is 0 Å². The number of carbonyl (C=O) groups is 1. The molecule has 4 nitrogen and oxygen atoms in total. The molecule has 1 unspecified atom stereocenters. The predicted octanol–water partition coefficient (Wildman–Crippen LogP) is 2.06. The Bertz CT molecular complexity index is 527. The summed E-state index contributed by atoms with van der Waals surface area (Å²) in [6.07, 6.45) is 3.14. The van der Waals surface area contributed by atoms with Gasteiger partial charge in [-0.1, -0.05) is 22.0 Å². The Hall–Kier alpha value is -0.910. The zero-order valence-corrected chi connectivity index (χ0v) is 12.9. The minimum Gasteiger partial charge on any atom is -0.381 e. The number of hydrogen-bond acceptors (Lipinski definition) is 3. The predicted molar refractivity (Wildman–Crippen MR) is 80.3 cm³/mol. The van der Waals surface area contributed by atoms with Crippen molar-refractivity contribution < 1.29 is 9.53 Å². The van der Waals surface area contributed by atoms with E-state index in [0.717, 1.165) is 17.3 Å². The normalized spacial score (nSPS) is 24.2. The van der Waals surface area contributed by atoms with E-state index >= 15 is 0 Å². The monoisotopic (exact) mass is 338 g/mol. The molecule has 108 valence electrons. The molecule has 2 aliphatic rings. The molecule has 1 aliphatic heterocycles. The van der Waals surface area contributed by atoms with Crippen molar-refractivity contribution in [1.82, 2.24) is 5.32 Å². The number of nitrogens with one attached hydrogen (secondary N) is 1. The highest BCUT2D eigenvalue weighted by atomic mass is 79.9. The van der Waals surface area contributed by atoms with Gasteiger partial charge in [0.05, 0.1) is 11.6 Å². The summed E-state index contributed by atoms with van der Waals surface area (Å²) in [5.74, 6) is -0.0402. The summed E-state index contributed by atoms with van der Waals surface area (Å²) in [7, 11) is 0. The summed E-state index contributed by atoms with van der Waals surface area (Å²) >= 11 is 3.49. The Morgan fingerprint density at radius 3 is 2.90 bits per heavy atom. The average molecular weight is 339 g/mol. The number of amides is 1. The second-order valence-corrected chi connectivity index (χ2v) is 6.59. The number of rotatable bonds is 2. The van der Waals surface area contributed by atoms with Gasteiger partial charge in [-0.05, 0) is 48.9 Å². The van der Waals surface area contributed by atoms with Crippen LogP contribution in [0.1, 0.15) is 36.4 Å². The molecule has 1 amide bonds. The first-order valence-electron chi connectivity index (χ1n) is 7.04. The van der Waals surface area contributed by atoms with Crippen LogP contribution in [-0.4, -0.2) is 24.7 Å². The molecule has 1 heterocycles. The minimum atomic E-state index is -0.767. The van der Waals surface area contributed by atoms with E-state index in [1.54, 1.807) is 0 Å². The van der Waals surface area contributed by atoms with Gasteiger partial charge in [0.2, 0.25) is 5.91 Å². The van der Waals surface area contributed by atoms with Crippen LogP contribution >= 0.6 is 15.9 Å². The first-order valence-corrected chi connectivity index (χ1v) is 7.84. The van der Waals surface area contributed by atoms with Crippen molar-refractivity contribution in [2.24, 2.45) is 5.73 Å². The van der Waals surface area contributed by atoms with Crippen molar-refractivity contribution in [2.75, 3.05) is 13.2 Å². The molecule has 5 heteroatoms. The van der Waals surface area contributed by atoms with Crippen molar-refractivity contribution in [1.29, 1.82) is 0 Å². The zero-order valence-electron chi connectivity index (χ0n) is 11.3. The fraction of sp³-hybridized carbons (Fsp3) is 0.533. The van der Waals surface area contributed by atoms with Crippen molar-refractivity contribution >= 4 is 21.8 Å². The number of benzene rings is 1. The van der Waals surface area contributed by atoms with Crippen LogP contribution < -0.4 is 11.1 Å². The summed E-state index contributed by atoms with van der Waals surface area (Å²) in [5, 5.41) is 3.13. The van der Waals surface area contributed by atoms with Gasteiger partial charge in [0.15, 0.2) is 0 Å². The van der Waals surface area contributed by atoms with Crippen LogP contribution in [0.5, 0.6) is 0 Å². The second kappa shape index (κ2) is 5.47. The quantitative estimate of drug-likeness (QED) is 0.867. The lowest BCUT2D eigenvalue weighted by Gasteiger charge is -2.33. The van der Waals surface area contributed by atoms with Crippen LogP contribution in [-0.2, 0) is 16.0 Å². The molecule has 1 fully saturated rings. The topological polar surface area (TPSA) is 64.4 Å². The Balaban J connectivity index is 1.72. The number of carbonyl (C=O) groups excluding carboxylic acids is 1. The van der Waals surface area contributed by atoms with E-state index in [0.29, 0.717) is 26.1 Å². The molecular formula is C15H19BrN2O2. The summed E-state index contributed by atoms with van der Waals surface area (Å²) < 4.78 is 6.38. The van der Waals surface area contributed by atoms with Gasteiger partial charge in [-0.3, -0.25) is 4.79 Å². The second-order valence-electron chi connectivity index (χ2n) is 5.68. The minimum absolute atomic E-state index is 0.0402. The number of hydrogen-bond donors (Lipinski definition) is 2. The number of fused-ring (bicyclic) bond motifs is 1. The van der Waals surface area contributed by atoms with E-state index in [9.17, 15) is 4.79 Å². The number of halogens is 1. The Labute approximate surface area is 127 Å². The third kappa shape index (κ3) is 2.62. The van der Waals surface area contributed by atoms with Crippen LogP contribution in [0, 0.1) is 0 Å². The van der Waals surface area contributed by atoms with E-state index in [-0.39, 0.29) is 11.9 Å². The third-order valence-electron chi connectivity index (χ3n) is 4.33. The lowest BCUT2D eigenvalue weighted by atomic mass is 9.90. The fourth-order valence-corrected chi connectivity index (χ4v) is 3.41. The van der Waals surface area contributed by atoms with E-state index in [1.165, 1.54) is 11.1 Å². The molecule has 1 aromatic rings. The summed E-state index contributed by atoms with van der Waals surface area (Å²) in [6, 6.07) is 6.34. The molecule has 3 N–H and O–H groups in total. The van der Waals surface area contributed by atoms with E-state index < -0.39 is 5.54 Å². The van der Waals surface area contributed by atoms with E-state index in [2.05, 4.69) is 33.4 Å². The largest absolute Gasteiger partial charge is 0.381 e. The van der Waals surface area contributed by atoms with Crippen LogP contribution in [0.4, 0.5) is 0 Å². The summed E-state index contributed by atoms with van der Waals surface area (Å²) in [6.45, 7) is 1.14. The molecule has 3 rings (SSSR count). The summed E-state index contributed by atoms with van der Waals surface area (Å²) in [5.41, 5.74) is 7.99. The molecule has 1 aliphatic carbocycles. The molecule has 0 radical (unpaired) electrons. The third-order valence-corrected chi connectivity index (χ3v) is 4.82. The van der Waals surface area contributed by atoms with Gasteiger partial charge in [-0.25, -0.2) is 0 Å². The van der Waals surface area contributed by atoms with Crippen molar-refractivity contribution in [2.45, 2.75) is 37.3 Å². The van der Waals surface area contributed by atoms with Crippen molar-refractivity contribution in [3.05, 3.63) is 33.8 Å². The van der Waals surface area contributed by atoms with Gasteiger partial charge in [-0.15, -0.1) is 0 Å². The maximum atomic E-state index is 12.5. The maximum absolute atomic E-state index is 12.5. The Morgan fingerprint density at radius 1 is 1.40 bits per heavy atom. The molecule has 0 spiro atoms. The average Bonchev–Trinajstić information content (AvgIpc) is 2.82. The molecule has 1 atom stereocenters.